The van der Waals surface area contributed by atoms with Gasteiger partial charge in [-0.3, -0.25) is 14.5 Å². The normalized spacial score (nSPS) is 13.1. The van der Waals surface area contributed by atoms with Gasteiger partial charge >= 0.3 is 5.97 Å². The van der Waals surface area contributed by atoms with Crippen LogP contribution in [0.1, 0.15) is 31.1 Å². The molecule has 0 saturated carbocycles. The Morgan fingerprint density at radius 3 is 2.29 bits per heavy atom. The monoisotopic (exact) mass is 344 g/mol. The predicted octanol–water partition coefficient (Wildman–Crippen LogP) is 2.38. The minimum absolute atomic E-state index is 0.0127. The van der Waals surface area contributed by atoms with E-state index in [1.54, 1.807) is 24.3 Å². The number of nitrogen functional groups attached to an aromatic ring is 1. The molecular weight excluding hydrogens is 332 g/mol. The van der Waals surface area contributed by atoms with Crippen LogP contribution in [-0.2, 0) is 4.74 Å². The number of fused-ring (bicyclic) bond motifs is 1. The Bertz CT molecular complexity index is 815. The molecule has 2 aromatic rings. The summed E-state index contributed by atoms with van der Waals surface area (Å²) in [4.78, 5) is 37.4. The maximum Gasteiger partial charge on any atom is 0.338 e. The molecule has 0 bridgehead atoms. The van der Waals surface area contributed by atoms with E-state index < -0.39 is 5.97 Å². The highest BCUT2D eigenvalue weighted by Crippen LogP contribution is 2.22. The smallest absolute Gasteiger partial charge is 0.338 e. The molecule has 122 valence electrons. The molecule has 1 aliphatic rings. The lowest BCUT2D eigenvalue weighted by Gasteiger charge is -2.14. The fourth-order valence-electron chi connectivity index (χ4n) is 2.43. The van der Waals surface area contributed by atoms with Gasteiger partial charge in [0.15, 0.2) is 0 Å². The van der Waals surface area contributed by atoms with E-state index in [4.69, 9.17) is 22.1 Å². The summed E-state index contributed by atoms with van der Waals surface area (Å²) >= 11 is 5.79. The lowest BCUT2D eigenvalue weighted by molar-refractivity contribution is 0.0420. The van der Waals surface area contributed by atoms with Gasteiger partial charge in [-0.15, -0.1) is 0 Å². The molecule has 1 heterocycles. The second-order valence-corrected chi connectivity index (χ2v) is 5.59. The first-order chi connectivity index (χ1) is 11.5. The number of hydrogen-bond acceptors (Lipinski definition) is 5. The minimum atomic E-state index is -0.602. The zero-order valence-electron chi connectivity index (χ0n) is 12.5. The lowest BCUT2D eigenvalue weighted by Crippen LogP contribution is -2.33. The van der Waals surface area contributed by atoms with Gasteiger partial charge in [-0.1, -0.05) is 23.7 Å². The molecule has 24 heavy (non-hydrogen) atoms. The number of ether oxygens (including phenoxy) is 1. The van der Waals surface area contributed by atoms with Crippen molar-refractivity contribution in [1.82, 2.24) is 4.90 Å². The van der Waals surface area contributed by atoms with Crippen LogP contribution in [0.25, 0.3) is 0 Å². The first kappa shape index (κ1) is 16.0. The third kappa shape index (κ3) is 2.83. The number of hydrogen-bond donors (Lipinski definition) is 1. The van der Waals surface area contributed by atoms with Crippen molar-refractivity contribution < 1.29 is 19.1 Å². The molecule has 1 aliphatic heterocycles. The molecule has 2 N–H and O–H groups in total. The van der Waals surface area contributed by atoms with Crippen molar-refractivity contribution in [3.05, 3.63) is 64.2 Å². The molecule has 0 radical (unpaired) electrons. The van der Waals surface area contributed by atoms with E-state index >= 15 is 0 Å². The third-order valence-electron chi connectivity index (χ3n) is 3.66. The molecule has 0 fully saturated rings. The Morgan fingerprint density at radius 1 is 1.08 bits per heavy atom. The summed E-state index contributed by atoms with van der Waals surface area (Å²) in [7, 11) is 0. The molecule has 0 atom stereocenters. The summed E-state index contributed by atoms with van der Waals surface area (Å²) in [5, 5.41) is 0.345. The number of carbonyl (C=O) groups excluding carboxylic acids is 3. The SMILES string of the molecule is Nc1cc(C(=O)OCCN2C(=O)c3ccccc3C2=O)ccc1Cl. The maximum atomic E-state index is 12.2. The average Bonchev–Trinajstić information content (AvgIpc) is 2.82. The number of rotatable bonds is 4. The fraction of sp³-hybridized carbons (Fsp3) is 0.118. The molecule has 0 saturated heterocycles. The van der Waals surface area contributed by atoms with Gasteiger partial charge in [-0.25, -0.2) is 4.79 Å². The molecule has 3 rings (SSSR count). The Kier molecular flexibility index (Phi) is 4.22. The Labute approximate surface area is 142 Å². The van der Waals surface area contributed by atoms with Crippen LogP contribution >= 0.6 is 11.6 Å². The summed E-state index contributed by atoms with van der Waals surface area (Å²) in [5.74, 6) is -1.38. The molecule has 0 aliphatic carbocycles. The van der Waals surface area contributed by atoms with E-state index in [1.165, 1.54) is 18.2 Å². The van der Waals surface area contributed by atoms with Gasteiger partial charge in [-0.2, -0.15) is 0 Å². The second kappa shape index (κ2) is 6.33. The van der Waals surface area contributed by atoms with Crippen LogP contribution in [0.15, 0.2) is 42.5 Å². The summed E-state index contributed by atoms with van der Waals surface area (Å²) in [6, 6.07) is 11.0. The van der Waals surface area contributed by atoms with Gasteiger partial charge in [0, 0.05) is 0 Å². The highest BCUT2D eigenvalue weighted by molar-refractivity contribution is 6.33. The number of amides is 2. The van der Waals surface area contributed by atoms with Gasteiger partial charge in [0.05, 0.1) is 33.9 Å². The van der Waals surface area contributed by atoms with Crippen molar-refractivity contribution in [1.29, 1.82) is 0 Å². The highest BCUT2D eigenvalue weighted by atomic mass is 35.5. The highest BCUT2D eigenvalue weighted by Gasteiger charge is 2.34. The number of carbonyl (C=O) groups is 3. The van der Waals surface area contributed by atoms with E-state index in [0.717, 1.165) is 4.90 Å². The predicted molar refractivity (Wildman–Crippen MR) is 88.0 cm³/mol. The van der Waals surface area contributed by atoms with Crippen molar-refractivity contribution in [3.8, 4) is 0 Å². The average molecular weight is 345 g/mol. The largest absolute Gasteiger partial charge is 0.460 e. The number of esters is 1. The first-order valence-electron chi connectivity index (χ1n) is 7.16. The molecule has 2 aromatic carbocycles. The molecule has 6 nitrogen and oxygen atoms in total. The van der Waals surface area contributed by atoms with Crippen molar-refractivity contribution in [3.63, 3.8) is 0 Å². The van der Waals surface area contributed by atoms with Crippen LogP contribution in [0.4, 0.5) is 5.69 Å². The number of halogens is 1. The molecule has 0 aromatic heterocycles. The topological polar surface area (TPSA) is 89.7 Å². The van der Waals surface area contributed by atoms with Crippen molar-refractivity contribution in [2.24, 2.45) is 0 Å². The number of anilines is 1. The van der Waals surface area contributed by atoms with E-state index in [9.17, 15) is 14.4 Å². The molecule has 0 spiro atoms. The van der Waals surface area contributed by atoms with E-state index in [0.29, 0.717) is 16.1 Å². The molecule has 2 amide bonds. The summed E-state index contributed by atoms with van der Waals surface area (Å²) in [6.07, 6.45) is 0. The zero-order valence-corrected chi connectivity index (χ0v) is 13.2. The van der Waals surface area contributed by atoms with E-state index in [2.05, 4.69) is 0 Å². The first-order valence-corrected chi connectivity index (χ1v) is 7.54. The Morgan fingerprint density at radius 2 is 1.71 bits per heavy atom. The van der Waals surface area contributed by atoms with E-state index in [1.807, 2.05) is 0 Å². The van der Waals surface area contributed by atoms with Crippen molar-refractivity contribution >= 4 is 35.1 Å². The number of nitrogens with two attached hydrogens (primary N) is 1. The summed E-state index contributed by atoms with van der Waals surface area (Å²) < 4.78 is 5.10. The summed E-state index contributed by atoms with van der Waals surface area (Å²) in [6.45, 7) is -0.117. The second-order valence-electron chi connectivity index (χ2n) is 5.18. The van der Waals surface area contributed by atoms with Gasteiger partial charge in [0.2, 0.25) is 0 Å². The minimum Gasteiger partial charge on any atom is -0.460 e. The van der Waals surface area contributed by atoms with Crippen LogP contribution in [0.3, 0.4) is 0 Å². The van der Waals surface area contributed by atoms with Crippen LogP contribution in [0, 0.1) is 0 Å². The van der Waals surface area contributed by atoms with Crippen LogP contribution in [0.5, 0.6) is 0 Å². The number of nitrogens with zero attached hydrogens (tertiary/aromatic N) is 1. The van der Waals surface area contributed by atoms with Crippen molar-refractivity contribution in [2.45, 2.75) is 0 Å². The van der Waals surface area contributed by atoms with Gasteiger partial charge in [0.1, 0.15) is 6.61 Å². The Hall–Kier alpha value is -2.86. The lowest BCUT2D eigenvalue weighted by atomic mass is 10.1. The number of benzene rings is 2. The van der Waals surface area contributed by atoms with Gasteiger partial charge in [0.25, 0.3) is 11.8 Å². The van der Waals surface area contributed by atoms with Crippen molar-refractivity contribution in [2.75, 3.05) is 18.9 Å². The molecule has 7 heteroatoms. The zero-order chi connectivity index (χ0) is 17.3. The third-order valence-corrected chi connectivity index (χ3v) is 4.00. The quantitative estimate of drug-likeness (QED) is 0.522. The van der Waals surface area contributed by atoms with Crippen LogP contribution in [0.2, 0.25) is 5.02 Å². The van der Waals surface area contributed by atoms with Crippen LogP contribution < -0.4 is 5.73 Å². The Balaban J connectivity index is 1.61. The maximum absolute atomic E-state index is 12.2. The molecular formula is C17H13ClN2O4. The fourth-order valence-corrected chi connectivity index (χ4v) is 2.54. The van der Waals surface area contributed by atoms with Crippen LogP contribution in [-0.4, -0.2) is 35.8 Å². The number of imide groups is 1. The van der Waals surface area contributed by atoms with Gasteiger partial charge < -0.3 is 10.5 Å². The standard InChI is InChI=1S/C17H13ClN2O4/c18-13-6-5-10(9-14(13)19)17(23)24-8-7-20-15(21)11-3-1-2-4-12(11)16(20)22/h1-6,9H,7-8,19H2. The van der Waals surface area contributed by atoms with Gasteiger partial charge in [-0.05, 0) is 30.3 Å². The van der Waals surface area contributed by atoms with E-state index in [-0.39, 0.29) is 36.2 Å². The summed E-state index contributed by atoms with van der Waals surface area (Å²) in [5.41, 5.74) is 6.87. The molecule has 0 unspecified atom stereocenters.